The van der Waals surface area contributed by atoms with Gasteiger partial charge in [-0.15, -0.1) is 15.0 Å². The molecule has 1 fully saturated rings. The normalized spacial score (nSPS) is 15.7. The summed E-state index contributed by atoms with van der Waals surface area (Å²) in [6.45, 7) is 3.06. The number of ether oxygens (including phenoxy) is 3. The van der Waals surface area contributed by atoms with Gasteiger partial charge in [-0.3, -0.25) is 17.4 Å². The van der Waals surface area contributed by atoms with Crippen LogP contribution in [0.2, 0.25) is 0 Å². The molecule has 0 bridgehead atoms. The Balaban J connectivity index is 0.000000791. The lowest BCUT2D eigenvalue weighted by molar-refractivity contribution is -0.0000102. The molecule has 0 spiro atoms. The molecule has 1 aromatic rings. The van der Waals surface area contributed by atoms with Gasteiger partial charge < -0.3 is 18.9 Å². The van der Waals surface area contributed by atoms with Gasteiger partial charge in [-0.1, -0.05) is 0 Å². The van der Waals surface area contributed by atoms with Crippen LogP contribution in [0.15, 0.2) is 0 Å². The summed E-state index contributed by atoms with van der Waals surface area (Å²) in [6, 6.07) is 0.551. The van der Waals surface area contributed by atoms with Crippen molar-refractivity contribution in [1.82, 2.24) is 19.4 Å². The van der Waals surface area contributed by atoms with Crippen molar-refractivity contribution < 1.29 is 31.9 Å². The first-order valence-corrected chi connectivity index (χ1v) is 6.10. The quantitative estimate of drug-likeness (QED) is 0.355. The zero-order valence-corrected chi connectivity index (χ0v) is 12.4. The molecule has 0 unspecified atom stereocenters. The third kappa shape index (κ3) is 5.97. The van der Waals surface area contributed by atoms with Crippen LogP contribution in [0.3, 0.4) is 0 Å². The molecule has 0 atom stereocenters. The Morgan fingerprint density at radius 2 is 1.41 bits per heavy atom. The van der Waals surface area contributed by atoms with Gasteiger partial charge in [0.2, 0.25) is 0 Å². The summed E-state index contributed by atoms with van der Waals surface area (Å²) in [5, 5.41) is 0. The summed E-state index contributed by atoms with van der Waals surface area (Å²) in [7, 11) is 1.45. The first-order valence-electron chi connectivity index (χ1n) is 6.10. The number of morpholine rings is 1. The highest BCUT2D eigenvalue weighted by Crippen LogP contribution is 2.22. The molecule has 1 saturated heterocycles. The Kier molecular flexibility index (Phi) is 8.64. The predicted molar refractivity (Wildman–Crippen MR) is 70.3 cm³/mol. The van der Waals surface area contributed by atoms with E-state index in [1.807, 2.05) is 0 Å². The highest BCUT2D eigenvalue weighted by molar-refractivity contribution is 6.33. The third-order valence-electron chi connectivity index (χ3n) is 2.89. The van der Waals surface area contributed by atoms with E-state index in [1.54, 1.807) is 0 Å². The topological polar surface area (TPSA) is 66.4 Å². The van der Waals surface area contributed by atoms with E-state index in [-0.39, 0.29) is 16.7 Å². The van der Waals surface area contributed by atoms with Gasteiger partial charge in [0.25, 0.3) is 0 Å². The standard InChI is InChI=1S/C10H17N4O3.BF3.FH/c1-14(4-6-17-7-5-14)8-11-9(15-2)13-10(12-8)16-3;2-1(3)4;/h4-7H2,1-3H3;;1H/q+1;;/p-1. The van der Waals surface area contributed by atoms with Crippen LogP contribution >= 0.6 is 0 Å². The summed E-state index contributed by atoms with van der Waals surface area (Å²) in [5.41, 5.74) is 0. The van der Waals surface area contributed by atoms with Crippen LogP contribution in [0.1, 0.15) is 0 Å². The van der Waals surface area contributed by atoms with E-state index in [4.69, 9.17) is 14.2 Å². The van der Waals surface area contributed by atoms with Crippen molar-refractivity contribution in [3.8, 4) is 12.0 Å². The van der Waals surface area contributed by atoms with Gasteiger partial charge in [0, 0.05) is 0 Å². The van der Waals surface area contributed by atoms with Gasteiger partial charge in [0.1, 0.15) is 13.1 Å². The van der Waals surface area contributed by atoms with Crippen molar-refractivity contribution in [2.75, 3.05) is 47.6 Å². The summed E-state index contributed by atoms with van der Waals surface area (Å²) < 4.78 is 45.1. The van der Waals surface area contributed by atoms with Crippen LogP contribution < -0.4 is 18.7 Å². The molecule has 2 heterocycles. The molecule has 2 rings (SSSR count). The van der Waals surface area contributed by atoms with E-state index in [2.05, 4.69) is 22.0 Å². The molecule has 0 saturated carbocycles. The van der Waals surface area contributed by atoms with Crippen LogP contribution in [-0.2, 0) is 4.74 Å². The second-order valence-electron chi connectivity index (χ2n) is 4.31. The maximum Gasteiger partial charge on any atom is 0.762 e. The summed E-state index contributed by atoms with van der Waals surface area (Å²) in [6.07, 6.45) is 0. The van der Waals surface area contributed by atoms with E-state index in [0.29, 0.717) is 23.6 Å². The Hall–Kier alpha value is -1.69. The highest BCUT2D eigenvalue weighted by Gasteiger charge is 2.32. The number of hydrogen-bond acceptors (Lipinski definition) is 6. The molecule has 22 heavy (non-hydrogen) atoms. The molecule has 7 nitrogen and oxygen atoms in total. The van der Waals surface area contributed by atoms with E-state index in [0.717, 1.165) is 13.1 Å². The average Bonchev–Trinajstić information content (AvgIpc) is 2.47. The number of rotatable bonds is 3. The lowest BCUT2D eigenvalue weighted by atomic mass is 10.4. The fourth-order valence-corrected chi connectivity index (χ4v) is 1.70. The summed E-state index contributed by atoms with van der Waals surface area (Å²) in [4.78, 5) is 12.6. The zero-order valence-electron chi connectivity index (χ0n) is 12.4. The largest absolute Gasteiger partial charge is 1.00 e. The van der Waals surface area contributed by atoms with Crippen LogP contribution in [0.25, 0.3) is 0 Å². The highest BCUT2D eigenvalue weighted by atomic mass is 19.4. The lowest BCUT2D eigenvalue weighted by Crippen LogP contribution is -3.00. The van der Waals surface area contributed by atoms with Gasteiger partial charge in [-0.25, -0.2) is 0 Å². The predicted octanol–water partition coefficient (Wildman–Crippen LogP) is -2.26. The SMILES string of the molecule is COc1nc(OC)nc([N+]2(C)CCOCC2)n1.FB(F)F.[F-]. The molecule has 0 amide bonds. The zero-order chi connectivity index (χ0) is 15.9. The minimum Gasteiger partial charge on any atom is -1.00 e. The first kappa shape index (κ1) is 20.3. The molecule has 0 radical (unpaired) electrons. The van der Waals surface area contributed by atoms with Gasteiger partial charge in [-0.05, 0) is 0 Å². The van der Waals surface area contributed by atoms with Gasteiger partial charge in [0.15, 0.2) is 0 Å². The molecule has 126 valence electrons. The van der Waals surface area contributed by atoms with Crippen LogP contribution in [0.4, 0.5) is 18.9 Å². The maximum absolute atomic E-state index is 9.67. The first-order chi connectivity index (χ1) is 9.91. The van der Waals surface area contributed by atoms with E-state index in [9.17, 15) is 12.9 Å². The summed E-state index contributed by atoms with van der Waals surface area (Å²) in [5.74, 6) is 0.650. The maximum atomic E-state index is 9.67. The number of halogens is 4. The Morgan fingerprint density at radius 3 is 1.77 bits per heavy atom. The van der Waals surface area contributed by atoms with Crippen molar-refractivity contribution in [3.63, 3.8) is 0 Å². The fraction of sp³-hybridized carbons (Fsp3) is 0.700. The Labute approximate surface area is 125 Å². The number of nitrogens with zero attached hydrogens (tertiary/aromatic N) is 4. The minimum atomic E-state index is -3.67. The van der Waals surface area contributed by atoms with Crippen molar-refractivity contribution in [3.05, 3.63) is 0 Å². The number of likely N-dealkylation sites (N-methyl/N-ethyl adjacent to an activating group) is 1. The summed E-state index contributed by atoms with van der Waals surface area (Å²) >= 11 is 0. The second kappa shape index (κ2) is 9.36. The molecular weight excluding hydrogens is 311 g/mol. The number of quaternary nitrogens is 1. The molecule has 1 aliphatic rings. The van der Waals surface area contributed by atoms with E-state index < -0.39 is 7.54 Å². The van der Waals surface area contributed by atoms with Gasteiger partial charge >= 0.3 is 25.5 Å². The van der Waals surface area contributed by atoms with Crippen molar-refractivity contribution in [2.24, 2.45) is 0 Å². The van der Waals surface area contributed by atoms with E-state index >= 15 is 0 Å². The molecule has 12 heteroatoms. The number of hydrogen-bond donors (Lipinski definition) is 0. The fourth-order valence-electron chi connectivity index (χ4n) is 1.70. The molecule has 1 aliphatic heterocycles. The number of aromatic nitrogens is 3. The van der Waals surface area contributed by atoms with E-state index in [1.165, 1.54) is 14.2 Å². The molecule has 0 N–H and O–H groups in total. The molecule has 0 aromatic carbocycles. The second-order valence-corrected chi connectivity index (χ2v) is 4.31. The van der Waals surface area contributed by atoms with Crippen LogP contribution in [0.5, 0.6) is 12.0 Å². The number of methoxy groups -OCH3 is 2. The smallest absolute Gasteiger partial charge is 0.762 e. The average molecular weight is 328 g/mol. The van der Waals surface area contributed by atoms with Crippen molar-refractivity contribution in [2.45, 2.75) is 0 Å². The van der Waals surface area contributed by atoms with Gasteiger partial charge in [-0.2, -0.15) is 0 Å². The van der Waals surface area contributed by atoms with Crippen molar-refractivity contribution >= 4 is 13.5 Å². The van der Waals surface area contributed by atoms with Crippen LogP contribution in [0, 0.1) is 0 Å². The lowest BCUT2D eigenvalue weighted by Gasteiger charge is -2.34. The Bertz CT molecular complexity index is 427. The van der Waals surface area contributed by atoms with Gasteiger partial charge in [0.05, 0.1) is 34.5 Å². The Morgan fingerprint density at radius 1 is 1.00 bits per heavy atom. The minimum absolute atomic E-state index is 0. The van der Waals surface area contributed by atoms with Crippen molar-refractivity contribution in [1.29, 1.82) is 0 Å². The monoisotopic (exact) mass is 328 g/mol. The molecule has 0 aliphatic carbocycles. The van der Waals surface area contributed by atoms with Crippen LogP contribution in [-0.4, -0.2) is 70.1 Å². The third-order valence-corrected chi connectivity index (χ3v) is 2.89. The molecular formula is C10H17BF4N4O3. The molecule has 1 aromatic heterocycles.